The normalized spacial score (nSPS) is 45.6. The Hall–Kier alpha value is -0.0800. The van der Waals surface area contributed by atoms with E-state index < -0.39 is 0 Å². The van der Waals surface area contributed by atoms with Crippen LogP contribution in [-0.4, -0.2) is 22.4 Å². The first-order valence-corrected chi connectivity index (χ1v) is 14.7. The number of fused-ring (bicyclic) bond motifs is 5. The van der Waals surface area contributed by atoms with Gasteiger partial charge in [0.1, 0.15) is 0 Å². The number of unbranched alkanes of at least 4 members (excludes halogenated alkanes) is 1. The van der Waals surface area contributed by atoms with Gasteiger partial charge in [-0.3, -0.25) is 0 Å². The molecule has 2 N–H and O–H groups in total. The van der Waals surface area contributed by atoms with Crippen LogP contribution < -0.4 is 0 Å². The molecule has 2 heteroatoms. The van der Waals surface area contributed by atoms with Crippen LogP contribution >= 0.6 is 0 Å². The molecule has 0 amide bonds. The lowest BCUT2D eigenvalue weighted by molar-refractivity contribution is -0.127. The van der Waals surface area contributed by atoms with Gasteiger partial charge in [0.05, 0.1) is 12.2 Å². The Kier molecular flexibility index (Phi) is 8.03. The van der Waals surface area contributed by atoms with Crippen molar-refractivity contribution in [3.8, 4) is 0 Å². The number of hydrogen-bond donors (Lipinski definition) is 2. The molecule has 0 aromatic carbocycles. The van der Waals surface area contributed by atoms with E-state index in [1.165, 1.54) is 77.0 Å². The number of hydrogen-bond acceptors (Lipinski definition) is 2. The molecule has 4 saturated carbocycles. The van der Waals surface area contributed by atoms with Crippen LogP contribution in [0.3, 0.4) is 0 Å². The second-order valence-electron chi connectivity index (χ2n) is 13.2. The van der Waals surface area contributed by atoms with Gasteiger partial charge in [-0.1, -0.05) is 53.4 Å². The Morgan fingerprint density at radius 2 is 1.59 bits per heavy atom. The first-order chi connectivity index (χ1) is 15.3. The molecule has 0 aromatic rings. The van der Waals surface area contributed by atoms with Crippen molar-refractivity contribution in [3.05, 3.63) is 0 Å². The Balaban J connectivity index is 1.34. The third kappa shape index (κ3) is 4.58. The van der Waals surface area contributed by atoms with Crippen molar-refractivity contribution >= 4 is 0 Å². The summed E-state index contributed by atoms with van der Waals surface area (Å²) in [6.45, 7) is 9.79. The fourth-order valence-electron chi connectivity index (χ4n) is 9.76. The van der Waals surface area contributed by atoms with Gasteiger partial charge in [0, 0.05) is 0 Å². The van der Waals surface area contributed by atoms with E-state index in [0.717, 1.165) is 55.3 Å². The molecule has 0 bridgehead atoms. The molecule has 32 heavy (non-hydrogen) atoms. The van der Waals surface area contributed by atoms with Gasteiger partial charge in [-0.05, 0) is 123 Å². The molecule has 4 fully saturated rings. The fourth-order valence-corrected chi connectivity index (χ4v) is 9.76. The maximum Gasteiger partial charge on any atom is 0.0568 e. The van der Waals surface area contributed by atoms with Crippen LogP contribution in [0, 0.1) is 46.3 Å². The average molecular weight is 447 g/mol. The molecule has 0 spiro atoms. The minimum Gasteiger partial charge on any atom is -0.393 e. The maximum atomic E-state index is 10.8. The highest BCUT2D eigenvalue weighted by molar-refractivity contribution is 5.09. The van der Waals surface area contributed by atoms with Gasteiger partial charge in [0.15, 0.2) is 0 Å². The molecule has 0 radical (unpaired) electrons. The number of aliphatic hydroxyl groups is 2. The summed E-state index contributed by atoms with van der Waals surface area (Å²) in [4.78, 5) is 0. The van der Waals surface area contributed by atoms with Crippen LogP contribution in [0.5, 0.6) is 0 Å². The van der Waals surface area contributed by atoms with Crippen LogP contribution in [0.15, 0.2) is 0 Å². The highest BCUT2D eigenvalue weighted by Gasteiger charge is 2.59. The van der Waals surface area contributed by atoms with Crippen molar-refractivity contribution in [1.82, 2.24) is 0 Å². The smallest absolute Gasteiger partial charge is 0.0568 e. The lowest BCUT2D eigenvalue weighted by Gasteiger charge is -2.61. The second kappa shape index (κ2) is 10.3. The molecular formula is C30H54O2. The van der Waals surface area contributed by atoms with Crippen molar-refractivity contribution in [1.29, 1.82) is 0 Å². The minimum absolute atomic E-state index is 0.0287. The third-order valence-electron chi connectivity index (χ3n) is 11.9. The predicted octanol–water partition coefficient (Wildman–Crippen LogP) is 7.75. The zero-order chi connectivity index (χ0) is 22.9. The van der Waals surface area contributed by atoms with Crippen LogP contribution in [0.2, 0.25) is 0 Å². The molecule has 4 aliphatic rings. The first kappa shape index (κ1) is 25.0. The molecule has 4 rings (SSSR count). The van der Waals surface area contributed by atoms with E-state index >= 15 is 0 Å². The summed E-state index contributed by atoms with van der Waals surface area (Å²) >= 11 is 0. The molecule has 186 valence electrons. The van der Waals surface area contributed by atoms with E-state index in [0.29, 0.717) is 16.7 Å². The highest BCUT2D eigenvalue weighted by Crippen LogP contribution is 2.67. The van der Waals surface area contributed by atoms with Crippen LogP contribution in [0.1, 0.15) is 130 Å². The van der Waals surface area contributed by atoms with Crippen molar-refractivity contribution in [2.75, 3.05) is 0 Å². The SMILES string of the molecule is CCCCC(CC)C(O)CCCC1CCC2C3CCC4CC(O)CCC4(C)C3CCC12C. The Bertz CT molecular complexity index is 604. The Morgan fingerprint density at radius 1 is 0.844 bits per heavy atom. The average Bonchev–Trinajstić information content (AvgIpc) is 3.11. The van der Waals surface area contributed by atoms with E-state index in [-0.39, 0.29) is 12.2 Å². The molecule has 0 aliphatic heterocycles. The van der Waals surface area contributed by atoms with E-state index in [2.05, 4.69) is 27.7 Å². The Morgan fingerprint density at radius 3 is 2.34 bits per heavy atom. The minimum atomic E-state index is -0.0795. The lowest BCUT2D eigenvalue weighted by Crippen LogP contribution is -2.53. The van der Waals surface area contributed by atoms with E-state index in [1.54, 1.807) is 0 Å². The van der Waals surface area contributed by atoms with E-state index in [4.69, 9.17) is 0 Å². The summed E-state index contributed by atoms with van der Waals surface area (Å²) in [6.07, 6.45) is 20.3. The zero-order valence-corrected chi connectivity index (χ0v) is 21.8. The summed E-state index contributed by atoms with van der Waals surface area (Å²) < 4.78 is 0. The molecule has 0 saturated heterocycles. The summed E-state index contributed by atoms with van der Waals surface area (Å²) in [5.41, 5.74) is 1.05. The summed E-state index contributed by atoms with van der Waals surface area (Å²) in [7, 11) is 0. The van der Waals surface area contributed by atoms with Crippen LogP contribution in [0.25, 0.3) is 0 Å². The van der Waals surface area contributed by atoms with Gasteiger partial charge < -0.3 is 10.2 Å². The maximum absolute atomic E-state index is 10.8. The molecule has 0 aromatic heterocycles. The van der Waals surface area contributed by atoms with Crippen molar-refractivity contribution in [3.63, 3.8) is 0 Å². The number of rotatable bonds is 9. The topological polar surface area (TPSA) is 40.5 Å². The largest absolute Gasteiger partial charge is 0.393 e. The van der Waals surface area contributed by atoms with Gasteiger partial charge in [0.25, 0.3) is 0 Å². The zero-order valence-electron chi connectivity index (χ0n) is 21.8. The van der Waals surface area contributed by atoms with Gasteiger partial charge in [0.2, 0.25) is 0 Å². The van der Waals surface area contributed by atoms with Gasteiger partial charge in [-0.2, -0.15) is 0 Å². The monoisotopic (exact) mass is 446 g/mol. The molecule has 2 nitrogen and oxygen atoms in total. The molecule has 10 unspecified atom stereocenters. The fraction of sp³-hybridized carbons (Fsp3) is 1.00. The first-order valence-electron chi connectivity index (χ1n) is 14.7. The van der Waals surface area contributed by atoms with Crippen LogP contribution in [0.4, 0.5) is 0 Å². The Labute approximate surface area is 199 Å². The molecular weight excluding hydrogens is 392 g/mol. The predicted molar refractivity (Wildman–Crippen MR) is 134 cm³/mol. The summed E-state index contributed by atoms with van der Waals surface area (Å²) in [6, 6.07) is 0. The summed E-state index contributed by atoms with van der Waals surface area (Å²) in [5, 5.41) is 21.1. The van der Waals surface area contributed by atoms with Gasteiger partial charge in [-0.15, -0.1) is 0 Å². The standard InChI is InChI=1S/C30H54O2/c1-5-7-9-21(6-2)28(32)11-8-10-22-13-15-26-25-14-12-23-20-24(31)16-18-30(23,4)27(25)17-19-29(22,26)3/h21-28,31-32H,5-20H2,1-4H3. The molecule has 10 atom stereocenters. The van der Waals surface area contributed by atoms with Crippen molar-refractivity contribution in [2.45, 2.75) is 143 Å². The molecule has 4 aliphatic carbocycles. The molecule has 0 heterocycles. The van der Waals surface area contributed by atoms with Crippen molar-refractivity contribution < 1.29 is 10.2 Å². The van der Waals surface area contributed by atoms with Gasteiger partial charge in [-0.25, -0.2) is 0 Å². The van der Waals surface area contributed by atoms with Crippen LogP contribution in [-0.2, 0) is 0 Å². The second-order valence-corrected chi connectivity index (χ2v) is 13.2. The highest BCUT2D eigenvalue weighted by atomic mass is 16.3. The summed E-state index contributed by atoms with van der Waals surface area (Å²) in [5.74, 6) is 4.97. The van der Waals surface area contributed by atoms with E-state index in [1.807, 2.05) is 0 Å². The number of aliphatic hydroxyl groups excluding tert-OH is 2. The van der Waals surface area contributed by atoms with Crippen molar-refractivity contribution in [2.24, 2.45) is 46.3 Å². The lowest BCUT2D eigenvalue weighted by atomic mass is 9.44. The van der Waals surface area contributed by atoms with Gasteiger partial charge >= 0.3 is 0 Å². The third-order valence-corrected chi connectivity index (χ3v) is 11.9. The quantitative estimate of drug-likeness (QED) is 0.380. The van der Waals surface area contributed by atoms with E-state index in [9.17, 15) is 10.2 Å².